The maximum Gasteiger partial charge on any atom is 0.212 e. The van der Waals surface area contributed by atoms with E-state index in [1.807, 2.05) is 18.2 Å². The molecule has 2 aromatic carbocycles. The van der Waals surface area contributed by atoms with Crippen LogP contribution in [0.2, 0.25) is 0 Å². The van der Waals surface area contributed by atoms with Crippen LogP contribution in [-0.4, -0.2) is 53.6 Å². The Bertz CT molecular complexity index is 1040. The molecule has 30 heavy (non-hydrogen) atoms. The molecule has 0 aliphatic carbocycles. The van der Waals surface area contributed by atoms with Crippen molar-refractivity contribution in [1.29, 1.82) is 0 Å². The fraction of sp³-hybridized carbons (Fsp3) is 0.318. The van der Waals surface area contributed by atoms with Gasteiger partial charge in [0, 0.05) is 36.2 Å². The molecule has 156 valence electrons. The highest BCUT2D eigenvalue weighted by Gasteiger charge is 2.21. The first-order valence-corrected chi connectivity index (χ1v) is 10.9. The van der Waals surface area contributed by atoms with Crippen molar-refractivity contribution in [3.63, 3.8) is 0 Å². The lowest BCUT2D eigenvalue weighted by molar-refractivity contribution is 0.394. The van der Waals surface area contributed by atoms with E-state index in [0.29, 0.717) is 17.3 Å². The number of anilines is 1. The van der Waals surface area contributed by atoms with E-state index in [4.69, 9.17) is 14.6 Å². The lowest BCUT2D eigenvalue weighted by Crippen LogP contribution is -2.21. The number of hydrogen-bond donors (Lipinski definition) is 0. The molecule has 0 N–H and O–H groups in total. The van der Waals surface area contributed by atoms with Crippen LogP contribution < -0.4 is 14.4 Å². The fourth-order valence-corrected chi connectivity index (χ4v) is 4.28. The van der Waals surface area contributed by atoms with E-state index < -0.39 is 0 Å². The average Bonchev–Trinajstić information content (AvgIpc) is 3.23. The minimum absolute atomic E-state index is 0.659. The summed E-state index contributed by atoms with van der Waals surface area (Å²) >= 11 is 1.63. The minimum Gasteiger partial charge on any atom is -0.497 e. The van der Waals surface area contributed by atoms with Crippen molar-refractivity contribution < 1.29 is 9.47 Å². The number of thioether (sulfide) groups is 1. The molecular weight excluding hydrogens is 398 g/mol. The van der Waals surface area contributed by atoms with E-state index in [0.717, 1.165) is 40.8 Å². The summed E-state index contributed by atoms with van der Waals surface area (Å²) < 4.78 is 12.6. The number of rotatable bonds is 7. The van der Waals surface area contributed by atoms with Crippen LogP contribution in [-0.2, 0) is 0 Å². The average molecular weight is 424 g/mol. The number of nitrogens with zero attached hydrogens (tertiary/aromatic N) is 5. The summed E-state index contributed by atoms with van der Waals surface area (Å²) in [5.74, 6) is 2.80. The van der Waals surface area contributed by atoms with Crippen LogP contribution in [0.5, 0.6) is 11.5 Å². The molecule has 0 spiro atoms. The van der Waals surface area contributed by atoms with Crippen LogP contribution in [0.4, 0.5) is 5.69 Å². The Labute approximate surface area is 180 Å². The highest BCUT2D eigenvalue weighted by molar-refractivity contribution is 7.99. The van der Waals surface area contributed by atoms with E-state index >= 15 is 0 Å². The predicted octanol–water partition coefficient (Wildman–Crippen LogP) is 4.17. The quantitative estimate of drug-likeness (QED) is 0.568. The third-order valence-corrected chi connectivity index (χ3v) is 6.04. The van der Waals surface area contributed by atoms with E-state index in [2.05, 4.69) is 53.2 Å². The lowest BCUT2D eigenvalue weighted by atomic mass is 10.1. The molecule has 7 nitrogen and oxygen atoms in total. The van der Waals surface area contributed by atoms with Gasteiger partial charge in [0.25, 0.3) is 0 Å². The molecule has 4 rings (SSSR count). The van der Waals surface area contributed by atoms with Crippen LogP contribution in [0.3, 0.4) is 0 Å². The van der Waals surface area contributed by atoms with Crippen molar-refractivity contribution >= 4 is 23.2 Å². The molecule has 1 aliphatic heterocycles. The largest absolute Gasteiger partial charge is 0.497 e. The second-order valence-corrected chi connectivity index (χ2v) is 7.72. The lowest BCUT2D eigenvalue weighted by Gasteiger charge is -2.21. The highest BCUT2D eigenvalue weighted by atomic mass is 32.2. The summed E-state index contributed by atoms with van der Waals surface area (Å²) in [6, 6.07) is 14.2. The highest BCUT2D eigenvalue weighted by Crippen LogP contribution is 2.33. The van der Waals surface area contributed by atoms with Crippen LogP contribution in [0, 0.1) is 0 Å². The molecule has 0 amide bonds. The zero-order valence-corrected chi connectivity index (χ0v) is 18.4. The summed E-state index contributed by atoms with van der Waals surface area (Å²) in [6.45, 7) is 6.32. The van der Waals surface area contributed by atoms with Crippen LogP contribution in [0.25, 0.3) is 11.4 Å². The van der Waals surface area contributed by atoms with Crippen molar-refractivity contribution in [3.05, 3.63) is 48.0 Å². The fourth-order valence-electron chi connectivity index (χ4n) is 3.44. The van der Waals surface area contributed by atoms with Crippen LogP contribution in [0.1, 0.15) is 19.4 Å². The van der Waals surface area contributed by atoms with Crippen molar-refractivity contribution in [2.24, 2.45) is 5.10 Å². The Hall–Kier alpha value is -3.00. The van der Waals surface area contributed by atoms with Gasteiger partial charge < -0.3 is 14.4 Å². The van der Waals surface area contributed by atoms with E-state index in [9.17, 15) is 0 Å². The molecule has 2 heterocycles. The summed E-state index contributed by atoms with van der Waals surface area (Å²) in [5, 5.41) is 14.3. The molecule has 8 heteroatoms. The number of hydrogen-bond acceptors (Lipinski definition) is 7. The number of ether oxygens (including phenoxy) is 2. The maximum atomic E-state index is 5.40. The van der Waals surface area contributed by atoms with Gasteiger partial charge in [0.05, 0.1) is 19.9 Å². The molecular formula is C22H25N5O2S. The van der Waals surface area contributed by atoms with Gasteiger partial charge >= 0.3 is 0 Å². The Kier molecular flexibility index (Phi) is 5.94. The molecule has 1 aromatic heterocycles. The molecule has 1 aliphatic rings. The first-order valence-electron chi connectivity index (χ1n) is 9.91. The van der Waals surface area contributed by atoms with Crippen molar-refractivity contribution in [2.75, 3.05) is 38.0 Å². The summed E-state index contributed by atoms with van der Waals surface area (Å²) in [5.41, 5.74) is 4.16. The summed E-state index contributed by atoms with van der Waals surface area (Å²) in [6.07, 6.45) is 0. The second-order valence-electron chi connectivity index (χ2n) is 6.77. The van der Waals surface area contributed by atoms with Crippen molar-refractivity contribution in [1.82, 2.24) is 14.9 Å². The maximum absolute atomic E-state index is 5.40. The van der Waals surface area contributed by atoms with E-state index in [-0.39, 0.29) is 0 Å². The van der Waals surface area contributed by atoms with Gasteiger partial charge in [-0.15, -0.1) is 10.2 Å². The molecule has 0 atom stereocenters. The molecule has 3 aromatic rings. The van der Waals surface area contributed by atoms with Crippen molar-refractivity contribution in [2.45, 2.75) is 19.0 Å². The topological polar surface area (TPSA) is 64.8 Å². The van der Waals surface area contributed by atoms with Crippen LogP contribution >= 0.6 is 11.8 Å². The number of fused-ring (bicyclic) bond motifs is 1. The Morgan fingerprint density at radius 2 is 1.60 bits per heavy atom. The Morgan fingerprint density at radius 3 is 2.20 bits per heavy atom. The number of aromatic nitrogens is 3. The first kappa shape index (κ1) is 20.3. The molecule has 0 unspecified atom stereocenters. The Morgan fingerprint density at radius 1 is 0.933 bits per heavy atom. The minimum atomic E-state index is 0.659. The molecule has 0 saturated heterocycles. The van der Waals surface area contributed by atoms with E-state index in [1.165, 1.54) is 5.69 Å². The SMILES string of the molecule is CCN(CC)c1ccc(C2=Nn3c(nnc3-c3cc(OC)cc(OC)c3)SC2)cc1. The monoisotopic (exact) mass is 423 g/mol. The number of benzene rings is 2. The van der Waals surface area contributed by atoms with Crippen LogP contribution in [0.15, 0.2) is 52.7 Å². The third kappa shape index (κ3) is 3.87. The van der Waals surface area contributed by atoms with Gasteiger partial charge in [-0.3, -0.25) is 0 Å². The molecule has 0 saturated carbocycles. The summed E-state index contributed by atoms with van der Waals surface area (Å²) in [4.78, 5) is 2.33. The smallest absolute Gasteiger partial charge is 0.212 e. The van der Waals surface area contributed by atoms with Gasteiger partial charge in [0.2, 0.25) is 5.16 Å². The van der Waals surface area contributed by atoms with Gasteiger partial charge in [-0.05, 0) is 43.7 Å². The molecule has 0 bridgehead atoms. The van der Waals surface area contributed by atoms with E-state index in [1.54, 1.807) is 30.7 Å². The normalized spacial score (nSPS) is 12.9. The van der Waals surface area contributed by atoms with Gasteiger partial charge in [-0.2, -0.15) is 9.78 Å². The van der Waals surface area contributed by atoms with Gasteiger partial charge in [-0.1, -0.05) is 23.9 Å². The number of methoxy groups -OCH3 is 2. The summed E-state index contributed by atoms with van der Waals surface area (Å²) in [7, 11) is 3.26. The van der Waals surface area contributed by atoms with Gasteiger partial charge in [0.15, 0.2) is 5.82 Å². The van der Waals surface area contributed by atoms with Crippen molar-refractivity contribution in [3.8, 4) is 22.9 Å². The standard InChI is InChI=1S/C22H25N5O2S/c1-5-26(6-2)17-9-7-15(8-10-17)20-14-30-22-24-23-21(27(22)25-20)16-11-18(28-3)13-19(12-16)29-4/h7-13H,5-6,14H2,1-4H3. The predicted molar refractivity (Wildman–Crippen MR) is 121 cm³/mol. The second kappa shape index (κ2) is 8.79. The molecule has 0 radical (unpaired) electrons. The first-order chi connectivity index (χ1) is 14.7. The zero-order valence-electron chi connectivity index (χ0n) is 17.6. The Balaban J connectivity index is 1.70. The van der Waals surface area contributed by atoms with Gasteiger partial charge in [-0.25, -0.2) is 0 Å². The zero-order chi connectivity index (χ0) is 21.1. The van der Waals surface area contributed by atoms with Gasteiger partial charge in [0.1, 0.15) is 11.5 Å². The molecule has 0 fully saturated rings. The third-order valence-electron chi connectivity index (χ3n) is 5.11.